The minimum atomic E-state index is 0.560. The second-order valence-corrected chi connectivity index (χ2v) is 3.03. The van der Waals surface area contributed by atoms with Crippen molar-refractivity contribution >= 4 is 16.7 Å². The van der Waals surface area contributed by atoms with Gasteiger partial charge in [0.15, 0.2) is 0 Å². The Morgan fingerprint density at radius 2 is 1.82 bits per heavy atom. The summed E-state index contributed by atoms with van der Waals surface area (Å²) in [6.07, 6.45) is 4.83. The first-order chi connectivity index (χ1) is 8.31. The maximum absolute atomic E-state index is 5.77. The van der Waals surface area contributed by atoms with Gasteiger partial charge in [-0.15, -0.1) is 0 Å². The van der Waals surface area contributed by atoms with E-state index in [1.807, 2.05) is 32.0 Å². The normalized spacial score (nSPS) is 10.6. The molecule has 0 atom stereocenters. The van der Waals surface area contributed by atoms with Crippen LogP contribution >= 0.6 is 0 Å². The second-order valence-electron chi connectivity index (χ2n) is 3.03. The number of nitrogens with zero attached hydrogens (tertiary/aromatic N) is 2. The number of hydrazine groups is 1. The third-order valence-corrected chi connectivity index (χ3v) is 2.04. The molecule has 0 aliphatic rings. The fraction of sp³-hybridized carbons (Fsp3) is 0.167. The van der Waals surface area contributed by atoms with Crippen LogP contribution < -0.4 is 17.0 Å². The molecule has 1 heterocycles. The maximum Gasteiger partial charge on any atom is 0.0893 e. The molecule has 0 aliphatic carbocycles. The number of aromatic nitrogens is 2. The van der Waals surface area contributed by atoms with Gasteiger partial charge in [-0.25, -0.2) is 0 Å². The van der Waals surface area contributed by atoms with Crippen molar-refractivity contribution in [2.75, 3.05) is 0 Å². The molecule has 0 spiro atoms. The molecule has 0 saturated carbocycles. The van der Waals surface area contributed by atoms with Crippen LogP contribution in [0.25, 0.3) is 16.7 Å². The van der Waals surface area contributed by atoms with Crippen molar-refractivity contribution in [1.82, 2.24) is 15.4 Å². The van der Waals surface area contributed by atoms with Crippen molar-refractivity contribution in [2.45, 2.75) is 13.8 Å². The zero-order chi connectivity index (χ0) is 12.7. The molecular weight excluding hydrogens is 214 g/mol. The van der Waals surface area contributed by atoms with E-state index in [0.29, 0.717) is 5.70 Å². The average molecular weight is 231 g/mol. The van der Waals surface area contributed by atoms with Crippen LogP contribution in [0.2, 0.25) is 0 Å². The van der Waals surface area contributed by atoms with Crippen molar-refractivity contribution in [3.8, 4) is 0 Å². The van der Waals surface area contributed by atoms with E-state index in [2.05, 4.69) is 15.4 Å². The molecule has 17 heavy (non-hydrogen) atoms. The van der Waals surface area contributed by atoms with E-state index in [0.717, 1.165) is 16.6 Å². The predicted molar refractivity (Wildman–Crippen MR) is 70.4 cm³/mol. The zero-order valence-electron chi connectivity index (χ0n) is 10.0. The molecule has 0 fully saturated rings. The Balaban J connectivity index is 0.000000686. The molecule has 0 unspecified atom stereocenters. The van der Waals surface area contributed by atoms with Crippen LogP contribution in [0.5, 0.6) is 0 Å². The Labute approximate surface area is 101 Å². The van der Waals surface area contributed by atoms with Gasteiger partial charge in [0.05, 0.1) is 16.7 Å². The number of nitrogens with two attached hydrogens (primary N) is 2. The number of hydrogen-bond acceptors (Lipinski definition) is 5. The Bertz CT molecular complexity index is 507. The standard InChI is InChI=1S/C10H11N5.C2H6/c11-8(6-15-12)7-1-2-9-10(5-7)14-4-3-13-9;1-2/h1-6,15H,11-12H2;1-2H3/b8-6-;. The minimum Gasteiger partial charge on any atom is -0.397 e. The number of fused-ring (bicyclic) bond motifs is 1. The van der Waals surface area contributed by atoms with Crippen LogP contribution in [-0.2, 0) is 0 Å². The molecule has 0 saturated heterocycles. The lowest BCUT2D eigenvalue weighted by Gasteiger charge is -2.02. The van der Waals surface area contributed by atoms with Gasteiger partial charge in [0, 0.05) is 24.2 Å². The molecule has 0 bridgehead atoms. The summed E-state index contributed by atoms with van der Waals surface area (Å²) in [4.78, 5) is 8.35. The predicted octanol–water partition coefficient (Wildman–Crippen LogP) is 1.38. The first kappa shape index (κ1) is 12.9. The largest absolute Gasteiger partial charge is 0.397 e. The van der Waals surface area contributed by atoms with Gasteiger partial charge >= 0.3 is 0 Å². The molecule has 1 aromatic carbocycles. The van der Waals surface area contributed by atoms with Gasteiger partial charge in [0.25, 0.3) is 0 Å². The molecule has 5 heteroatoms. The Kier molecular flexibility index (Phi) is 4.90. The Morgan fingerprint density at radius 3 is 2.47 bits per heavy atom. The summed E-state index contributed by atoms with van der Waals surface area (Å²) in [5, 5.41) is 0. The van der Waals surface area contributed by atoms with Crippen LogP contribution in [0, 0.1) is 0 Å². The van der Waals surface area contributed by atoms with Crippen LogP contribution in [0.3, 0.4) is 0 Å². The van der Waals surface area contributed by atoms with Gasteiger partial charge < -0.3 is 11.2 Å². The third-order valence-electron chi connectivity index (χ3n) is 2.04. The van der Waals surface area contributed by atoms with E-state index < -0.39 is 0 Å². The van der Waals surface area contributed by atoms with Gasteiger partial charge in [-0.05, 0) is 12.1 Å². The first-order valence-electron chi connectivity index (χ1n) is 5.44. The summed E-state index contributed by atoms with van der Waals surface area (Å²) in [6.45, 7) is 4.00. The SMILES string of the molecule is CC.NN/C=C(\N)c1ccc2nccnc2c1. The summed E-state index contributed by atoms with van der Waals surface area (Å²) in [5.41, 5.74) is 11.2. The van der Waals surface area contributed by atoms with Crippen molar-refractivity contribution in [1.29, 1.82) is 0 Å². The summed E-state index contributed by atoms with van der Waals surface area (Å²) in [5.74, 6) is 5.15. The van der Waals surface area contributed by atoms with Crippen molar-refractivity contribution < 1.29 is 0 Å². The van der Waals surface area contributed by atoms with Crippen LogP contribution in [0.4, 0.5) is 0 Å². The summed E-state index contributed by atoms with van der Waals surface area (Å²) >= 11 is 0. The highest BCUT2D eigenvalue weighted by molar-refractivity contribution is 5.79. The Hall–Kier alpha value is -2.14. The lowest BCUT2D eigenvalue weighted by Crippen LogP contribution is -2.16. The highest BCUT2D eigenvalue weighted by Crippen LogP contribution is 2.14. The van der Waals surface area contributed by atoms with Crippen molar-refractivity contribution in [3.63, 3.8) is 0 Å². The third kappa shape index (κ3) is 3.15. The number of hydrogen-bond donors (Lipinski definition) is 3. The number of rotatable bonds is 2. The van der Waals surface area contributed by atoms with Crippen LogP contribution in [0.1, 0.15) is 19.4 Å². The lowest BCUT2D eigenvalue weighted by atomic mass is 10.1. The van der Waals surface area contributed by atoms with Crippen molar-refractivity contribution in [2.24, 2.45) is 11.6 Å². The van der Waals surface area contributed by atoms with E-state index in [1.54, 1.807) is 12.4 Å². The molecule has 0 radical (unpaired) electrons. The molecule has 2 aromatic rings. The smallest absolute Gasteiger partial charge is 0.0893 e. The number of benzene rings is 1. The minimum absolute atomic E-state index is 0.560. The molecule has 5 N–H and O–H groups in total. The fourth-order valence-corrected chi connectivity index (χ4v) is 1.32. The highest BCUT2D eigenvalue weighted by Gasteiger charge is 1.99. The van der Waals surface area contributed by atoms with Crippen molar-refractivity contribution in [3.05, 3.63) is 42.4 Å². The molecule has 90 valence electrons. The summed E-state index contributed by atoms with van der Waals surface area (Å²) in [7, 11) is 0. The van der Waals surface area contributed by atoms with Gasteiger partial charge in [-0.2, -0.15) is 0 Å². The topological polar surface area (TPSA) is 89.8 Å². The monoisotopic (exact) mass is 231 g/mol. The summed E-state index contributed by atoms with van der Waals surface area (Å²) in [6, 6.07) is 5.61. The van der Waals surface area contributed by atoms with Gasteiger partial charge in [-0.1, -0.05) is 19.9 Å². The van der Waals surface area contributed by atoms with Crippen LogP contribution in [0.15, 0.2) is 36.8 Å². The molecular formula is C12H17N5. The zero-order valence-corrected chi connectivity index (χ0v) is 10.0. The van der Waals surface area contributed by atoms with Gasteiger partial charge in [-0.3, -0.25) is 15.8 Å². The summed E-state index contributed by atoms with van der Waals surface area (Å²) < 4.78 is 0. The van der Waals surface area contributed by atoms with E-state index in [-0.39, 0.29) is 0 Å². The van der Waals surface area contributed by atoms with E-state index in [4.69, 9.17) is 11.6 Å². The molecule has 2 rings (SSSR count). The lowest BCUT2D eigenvalue weighted by molar-refractivity contribution is 0.967. The highest BCUT2D eigenvalue weighted by atomic mass is 15.2. The molecule has 0 aliphatic heterocycles. The quantitative estimate of drug-likeness (QED) is 0.536. The fourth-order valence-electron chi connectivity index (χ4n) is 1.32. The number of nitrogens with one attached hydrogen (secondary N) is 1. The van der Waals surface area contributed by atoms with Crippen LogP contribution in [-0.4, -0.2) is 9.97 Å². The van der Waals surface area contributed by atoms with Gasteiger partial charge in [0.2, 0.25) is 0 Å². The van der Waals surface area contributed by atoms with Gasteiger partial charge in [0.1, 0.15) is 0 Å². The molecule has 1 aromatic heterocycles. The average Bonchev–Trinajstić information content (AvgIpc) is 2.41. The first-order valence-corrected chi connectivity index (χ1v) is 5.44. The van der Waals surface area contributed by atoms with E-state index in [1.165, 1.54) is 6.20 Å². The Morgan fingerprint density at radius 1 is 1.18 bits per heavy atom. The van der Waals surface area contributed by atoms with E-state index in [9.17, 15) is 0 Å². The second kappa shape index (κ2) is 6.44. The molecule has 0 amide bonds. The van der Waals surface area contributed by atoms with E-state index >= 15 is 0 Å². The molecule has 5 nitrogen and oxygen atoms in total. The maximum atomic E-state index is 5.77.